The Morgan fingerprint density at radius 1 is 0.769 bits per heavy atom. The van der Waals surface area contributed by atoms with Crippen LogP contribution in [0.5, 0.6) is 5.75 Å². The lowest BCUT2D eigenvalue weighted by Gasteiger charge is -2.22. The van der Waals surface area contributed by atoms with Gasteiger partial charge in [-0.3, -0.25) is 19.2 Å². The van der Waals surface area contributed by atoms with E-state index in [0.717, 1.165) is 34.4 Å². The van der Waals surface area contributed by atoms with Crippen LogP contribution in [0, 0.1) is 0 Å². The van der Waals surface area contributed by atoms with E-state index >= 15 is 0 Å². The first-order valence-electron chi connectivity index (χ1n) is 17.7. The van der Waals surface area contributed by atoms with Gasteiger partial charge in [0, 0.05) is 35.5 Å². The molecule has 0 saturated carbocycles. The predicted molar refractivity (Wildman–Crippen MR) is 201 cm³/mol. The Kier molecular flexibility index (Phi) is 14.0. The van der Waals surface area contributed by atoms with E-state index < -0.39 is 42.2 Å². The number of benzene rings is 3. The molecule has 2 atom stereocenters. The third kappa shape index (κ3) is 11.8. The Labute approximate surface area is 305 Å². The summed E-state index contributed by atoms with van der Waals surface area (Å²) in [4.78, 5) is 59.0. The first kappa shape index (κ1) is 39.2. The molecule has 4 rings (SSSR count). The number of carboxylic acids is 1. The second kappa shape index (κ2) is 18.6. The third-order valence-corrected chi connectivity index (χ3v) is 8.68. The SMILES string of the molecule is CCCCCCCOc1ccc(-c2cnc(-c3ccc(CC(NC(=O)c4ccc(C(C)(C)C)cc4)C(=O)NC(CC(=O)O)C(N)=O)cc3)nc2)cc1. The minimum Gasteiger partial charge on any atom is -0.494 e. The number of ether oxygens (including phenoxy) is 1. The second-order valence-electron chi connectivity index (χ2n) is 13.9. The number of rotatable bonds is 18. The smallest absolute Gasteiger partial charge is 0.305 e. The largest absolute Gasteiger partial charge is 0.494 e. The van der Waals surface area contributed by atoms with Gasteiger partial charge in [-0.25, -0.2) is 9.97 Å². The number of aromatic nitrogens is 2. The highest BCUT2D eigenvalue weighted by Crippen LogP contribution is 2.25. The summed E-state index contributed by atoms with van der Waals surface area (Å²) in [6.45, 7) is 9.10. The Bertz CT molecular complexity index is 1780. The Morgan fingerprint density at radius 2 is 1.38 bits per heavy atom. The normalized spacial score (nSPS) is 12.4. The van der Waals surface area contributed by atoms with Crippen molar-refractivity contribution in [3.8, 4) is 28.3 Å². The summed E-state index contributed by atoms with van der Waals surface area (Å²) in [6, 6.07) is 19.6. The van der Waals surface area contributed by atoms with Gasteiger partial charge in [0.25, 0.3) is 5.91 Å². The van der Waals surface area contributed by atoms with Gasteiger partial charge in [0.15, 0.2) is 5.82 Å². The lowest BCUT2D eigenvalue weighted by molar-refractivity contribution is -0.140. The van der Waals surface area contributed by atoms with Crippen LogP contribution in [0.25, 0.3) is 22.5 Å². The molecule has 5 N–H and O–H groups in total. The number of amides is 3. The van der Waals surface area contributed by atoms with Crippen LogP contribution < -0.4 is 21.1 Å². The van der Waals surface area contributed by atoms with Gasteiger partial charge in [-0.05, 0) is 52.8 Å². The molecule has 2 unspecified atom stereocenters. The van der Waals surface area contributed by atoms with Gasteiger partial charge < -0.3 is 26.2 Å². The molecule has 0 saturated heterocycles. The molecule has 3 amide bonds. The van der Waals surface area contributed by atoms with Crippen LogP contribution in [0.1, 0.15) is 87.7 Å². The van der Waals surface area contributed by atoms with Crippen LogP contribution >= 0.6 is 0 Å². The number of unbranched alkanes of at least 4 members (excludes halogenated alkanes) is 4. The molecule has 0 bridgehead atoms. The molecule has 52 heavy (non-hydrogen) atoms. The molecule has 11 heteroatoms. The maximum Gasteiger partial charge on any atom is 0.305 e. The molecule has 274 valence electrons. The van der Waals surface area contributed by atoms with Gasteiger partial charge in [-0.1, -0.05) is 102 Å². The fourth-order valence-electron chi connectivity index (χ4n) is 5.53. The van der Waals surface area contributed by atoms with Crippen molar-refractivity contribution in [2.45, 2.75) is 90.1 Å². The molecule has 1 heterocycles. The summed E-state index contributed by atoms with van der Waals surface area (Å²) in [5, 5.41) is 14.3. The number of carboxylic acid groups (broad SMARTS) is 1. The van der Waals surface area contributed by atoms with Gasteiger partial charge in [0.1, 0.15) is 17.8 Å². The molecule has 0 aliphatic carbocycles. The van der Waals surface area contributed by atoms with Crippen LogP contribution in [0.2, 0.25) is 0 Å². The number of nitrogens with one attached hydrogen (secondary N) is 2. The predicted octanol–water partition coefficient (Wildman–Crippen LogP) is 6.24. The van der Waals surface area contributed by atoms with E-state index in [4.69, 9.17) is 10.5 Å². The molecule has 3 aromatic carbocycles. The average molecular weight is 708 g/mol. The highest BCUT2D eigenvalue weighted by atomic mass is 16.5. The van der Waals surface area contributed by atoms with Crippen molar-refractivity contribution in [2.75, 3.05) is 6.61 Å². The third-order valence-electron chi connectivity index (χ3n) is 8.68. The zero-order valence-electron chi connectivity index (χ0n) is 30.4. The molecule has 0 spiro atoms. The topological polar surface area (TPSA) is 174 Å². The van der Waals surface area contributed by atoms with Crippen molar-refractivity contribution in [1.82, 2.24) is 20.6 Å². The molecule has 0 radical (unpaired) electrons. The number of aliphatic carboxylic acids is 1. The number of nitrogens with zero attached hydrogens (tertiary/aromatic N) is 2. The second-order valence-corrected chi connectivity index (χ2v) is 13.9. The van der Waals surface area contributed by atoms with Gasteiger partial charge in [-0.2, -0.15) is 0 Å². The molecular weight excluding hydrogens is 658 g/mol. The average Bonchev–Trinajstić information content (AvgIpc) is 3.12. The first-order chi connectivity index (χ1) is 24.8. The van der Waals surface area contributed by atoms with Gasteiger partial charge >= 0.3 is 5.97 Å². The van der Waals surface area contributed by atoms with Crippen LogP contribution in [0.3, 0.4) is 0 Å². The van der Waals surface area contributed by atoms with E-state index in [1.807, 2.05) is 48.5 Å². The molecule has 0 fully saturated rings. The summed E-state index contributed by atoms with van der Waals surface area (Å²) in [6.07, 6.45) is 8.82. The molecule has 0 aliphatic heterocycles. The molecule has 4 aromatic rings. The van der Waals surface area contributed by atoms with Crippen molar-refractivity contribution in [2.24, 2.45) is 5.73 Å². The summed E-state index contributed by atoms with van der Waals surface area (Å²) in [5.41, 5.74) is 9.90. The van der Waals surface area contributed by atoms with E-state index in [1.54, 1.807) is 36.7 Å². The maximum absolute atomic E-state index is 13.4. The Morgan fingerprint density at radius 3 is 1.96 bits per heavy atom. The molecule has 11 nitrogen and oxygen atoms in total. The number of hydrogen-bond donors (Lipinski definition) is 4. The molecular formula is C41H49N5O6. The summed E-state index contributed by atoms with van der Waals surface area (Å²) >= 11 is 0. The van der Waals surface area contributed by atoms with Crippen molar-refractivity contribution < 1.29 is 29.0 Å². The fraction of sp³-hybridized carbons (Fsp3) is 0.366. The number of primary amides is 1. The Balaban J connectivity index is 1.44. The van der Waals surface area contributed by atoms with Crippen molar-refractivity contribution in [1.29, 1.82) is 0 Å². The lowest BCUT2D eigenvalue weighted by Crippen LogP contribution is -2.54. The van der Waals surface area contributed by atoms with Crippen molar-refractivity contribution in [3.63, 3.8) is 0 Å². The highest BCUT2D eigenvalue weighted by molar-refractivity contribution is 5.98. The van der Waals surface area contributed by atoms with Crippen molar-refractivity contribution in [3.05, 3.63) is 102 Å². The monoisotopic (exact) mass is 707 g/mol. The number of hydrogen-bond acceptors (Lipinski definition) is 7. The fourth-order valence-corrected chi connectivity index (χ4v) is 5.53. The number of carbonyl (C=O) groups is 4. The minimum atomic E-state index is -1.45. The lowest BCUT2D eigenvalue weighted by atomic mass is 9.86. The van der Waals surface area contributed by atoms with Crippen molar-refractivity contribution >= 4 is 23.7 Å². The van der Waals surface area contributed by atoms with E-state index in [-0.39, 0.29) is 11.8 Å². The quantitative estimate of drug-likeness (QED) is 0.0880. The Hall–Kier alpha value is -5.58. The molecule has 0 aliphatic rings. The summed E-state index contributed by atoms with van der Waals surface area (Å²) in [5.74, 6) is -2.20. The minimum absolute atomic E-state index is 0.0504. The van der Waals surface area contributed by atoms with Gasteiger partial charge in [0.2, 0.25) is 11.8 Å². The maximum atomic E-state index is 13.4. The summed E-state index contributed by atoms with van der Waals surface area (Å²) < 4.78 is 5.88. The van der Waals surface area contributed by atoms with E-state index in [2.05, 4.69) is 48.3 Å². The zero-order valence-corrected chi connectivity index (χ0v) is 30.4. The van der Waals surface area contributed by atoms with Gasteiger partial charge in [-0.15, -0.1) is 0 Å². The van der Waals surface area contributed by atoms with Gasteiger partial charge in [0.05, 0.1) is 13.0 Å². The van der Waals surface area contributed by atoms with Crippen LogP contribution in [0.15, 0.2) is 85.2 Å². The van der Waals surface area contributed by atoms with Crippen LogP contribution in [-0.4, -0.2) is 57.5 Å². The number of nitrogens with two attached hydrogens (primary N) is 1. The first-order valence-corrected chi connectivity index (χ1v) is 17.7. The van der Waals surface area contributed by atoms with Crippen LogP contribution in [0.4, 0.5) is 0 Å². The van der Waals surface area contributed by atoms with E-state index in [9.17, 15) is 24.3 Å². The molecule has 1 aromatic heterocycles. The number of carbonyl (C=O) groups excluding carboxylic acids is 3. The van der Waals surface area contributed by atoms with E-state index in [0.29, 0.717) is 23.6 Å². The highest BCUT2D eigenvalue weighted by Gasteiger charge is 2.28. The van der Waals surface area contributed by atoms with E-state index in [1.165, 1.54) is 25.7 Å². The zero-order chi connectivity index (χ0) is 37.7. The summed E-state index contributed by atoms with van der Waals surface area (Å²) in [7, 11) is 0. The standard InChI is InChI=1S/C41H49N5O6/c1-5-6-7-8-9-22-52-33-20-16-28(17-21-33)31-25-43-38(44-26-31)29-12-10-27(11-13-29)23-35(40(51)45-34(37(42)49)24-36(47)48)46-39(50)30-14-18-32(19-15-30)41(2,3)4/h10-21,25-26,34-35H,5-9,22-24H2,1-4H3,(H2,42,49)(H,45,51)(H,46,50)(H,47,48). The van der Waals surface area contributed by atoms with Crippen LogP contribution in [-0.2, 0) is 26.2 Å².